The molecule has 1 unspecified atom stereocenters. The summed E-state index contributed by atoms with van der Waals surface area (Å²) in [4.78, 5) is 7.34. The first-order valence-electron chi connectivity index (χ1n) is 9.90. The molecule has 26 heavy (non-hydrogen) atoms. The number of piperidine rings is 1. The van der Waals surface area contributed by atoms with Crippen LogP contribution in [0.25, 0.3) is 0 Å². The third-order valence-corrected chi connectivity index (χ3v) is 5.18. The van der Waals surface area contributed by atoms with Crippen molar-refractivity contribution >= 4 is 5.96 Å². The second kappa shape index (κ2) is 9.38. The molecule has 1 saturated heterocycles. The van der Waals surface area contributed by atoms with Crippen LogP contribution in [0, 0.1) is 0 Å². The molecule has 0 spiro atoms. The number of likely N-dealkylation sites (tertiary alicyclic amines) is 1. The van der Waals surface area contributed by atoms with E-state index in [-0.39, 0.29) is 5.54 Å². The van der Waals surface area contributed by atoms with E-state index in [9.17, 15) is 5.11 Å². The summed E-state index contributed by atoms with van der Waals surface area (Å²) in [6, 6.07) is 9.76. The molecule has 1 heterocycles. The Labute approximate surface area is 158 Å². The van der Waals surface area contributed by atoms with Crippen molar-refractivity contribution in [3.05, 3.63) is 35.9 Å². The highest BCUT2D eigenvalue weighted by Gasteiger charge is 2.28. The zero-order valence-corrected chi connectivity index (χ0v) is 16.9. The van der Waals surface area contributed by atoms with Crippen LogP contribution in [0.3, 0.4) is 0 Å². The van der Waals surface area contributed by atoms with E-state index in [0.717, 1.165) is 37.7 Å². The number of aliphatic hydroxyl groups is 1. The first kappa shape index (κ1) is 20.7. The maximum absolute atomic E-state index is 10.8. The van der Waals surface area contributed by atoms with Crippen LogP contribution in [0.4, 0.5) is 0 Å². The van der Waals surface area contributed by atoms with Crippen molar-refractivity contribution in [3.8, 4) is 0 Å². The van der Waals surface area contributed by atoms with Gasteiger partial charge in [0.05, 0.1) is 13.1 Å². The number of guanidine groups is 1. The van der Waals surface area contributed by atoms with Gasteiger partial charge in [-0.1, -0.05) is 36.8 Å². The molecule has 0 radical (unpaired) electrons. The highest BCUT2D eigenvalue weighted by atomic mass is 16.3. The zero-order chi connectivity index (χ0) is 19.0. The van der Waals surface area contributed by atoms with E-state index < -0.39 is 5.60 Å². The van der Waals surface area contributed by atoms with E-state index in [1.54, 1.807) is 0 Å². The van der Waals surface area contributed by atoms with Crippen LogP contribution in [-0.4, -0.2) is 54.2 Å². The Morgan fingerprint density at radius 3 is 2.35 bits per heavy atom. The second-order valence-corrected chi connectivity index (χ2v) is 8.05. The number of hydrogen-bond donors (Lipinski definition) is 3. The summed E-state index contributed by atoms with van der Waals surface area (Å²) in [5, 5.41) is 17.4. The molecule has 1 atom stereocenters. The molecule has 5 heteroatoms. The largest absolute Gasteiger partial charge is 0.384 e. The van der Waals surface area contributed by atoms with Crippen LogP contribution in [0.2, 0.25) is 0 Å². The predicted molar refractivity (Wildman–Crippen MR) is 109 cm³/mol. The van der Waals surface area contributed by atoms with E-state index in [4.69, 9.17) is 4.99 Å². The van der Waals surface area contributed by atoms with Crippen LogP contribution in [0.5, 0.6) is 0 Å². The van der Waals surface area contributed by atoms with Gasteiger partial charge in [-0.05, 0) is 59.2 Å². The third kappa shape index (κ3) is 5.99. The number of rotatable bonds is 7. The third-order valence-electron chi connectivity index (χ3n) is 5.18. The monoisotopic (exact) mass is 360 g/mol. The molecular weight excluding hydrogens is 324 g/mol. The zero-order valence-electron chi connectivity index (χ0n) is 16.9. The lowest BCUT2D eigenvalue weighted by atomic mass is 9.96. The van der Waals surface area contributed by atoms with Crippen molar-refractivity contribution in [2.75, 3.05) is 32.7 Å². The molecule has 1 aliphatic heterocycles. The van der Waals surface area contributed by atoms with E-state index in [2.05, 4.69) is 36.3 Å². The molecule has 146 valence electrons. The van der Waals surface area contributed by atoms with Gasteiger partial charge >= 0.3 is 0 Å². The standard InChI is InChI=1S/C21H36N4O/c1-5-22-19(23-16-20(2,3)25-14-10-7-11-15-25)24-17-21(4,26)18-12-8-6-9-13-18/h6,8-9,12-13,26H,5,7,10-11,14-17H2,1-4H3,(H2,22,23,24). The number of aliphatic imine (C=N–C) groups is 1. The summed E-state index contributed by atoms with van der Waals surface area (Å²) in [5.74, 6) is 0.758. The van der Waals surface area contributed by atoms with Gasteiger partial charge in [-0.2, -0.15) is 0 Å². The smallest absolute Gasteiger partial charge is 0.191 e. The van der Waals surface area contributed by atoms with Crippen molar-refractivity contribution in [2.45, 2.75) is 58.1 Å². The van der Waals surface area contributed by atoms with Gasteiger partial charge in [0.1, 0.15) is 5.60 Å². The Hall–Kier alpha value is -1.59. The van der Waals surface area contributed by atoms with E-state index >= 15 is 0 Å². The fraction of sp³-hybridized carbons (Fsp3) is 0.667. The second-order valence-electron chi connectivity index (χ2n) is 8.05. The fourth-order valence-electron chi connectivity index (χ4n) is 3.37. The van der Waals surface area contributed by atoms with Crippen LogP contribution in [-0.2, 0) is 5.60 Å². The molecule has 0 aromatic heterocycles. The number of benzene rings is 1. The molecule has 1 aromatic carbocycles. The van der Waals surface area contributed by atoms with E-state index in [0.29, 0.717) is 6.54 Å². The maximum atomic E-state index is 10.8. The van der Waals surface area contributed by atoms with Gasteiger partial charge in [0.25, 0.3) is 0 Å². The minimum absolute atomic E-state index is 0.0463. The van der Waals surface area contributed by atoms with Crippen molar-refractivity contribution in [2.24, 2.45) is 4.99 Å². The first-order chi connectivity index (χ1) is 12.3. The average molecular weight is 361 g/mol. The van der Waals surface area contributed by atoms with Crippen molar-refractivity contribution in [1.82, 2.24) is 15.5 Å². The lowest BCUT2D eigenvalue weighted by molar-refractivity contribution is 0.0616. The first-order valence-corrected chi connectivity index (χ1v) is 9.90. The van der Waals surface area contributed by atoms with Gasteiger partial charge in [-0.15, -0.1) is 0 Å². The normalized spacial score (nSPS) is 19.0. The molecule has 1 aromatic rings. The van der Waals surface area contributed by atoms with Gasteiger partial charge in [-0.25, -0.2) is 0 Å². The summed E-state index contributed by atoms with van der Waals surface area (Å²) < 4.78 is 0. The summed E-state index contributed by atoms with van der Waals surface area (Å²) >= 11 is 0. The van der Waals surface area contributed by atoms with Gasteiger partial charge < -0.3 is 15.7 Å². The van der Waals surface area contributed by atoms with Gasteiger partial charge in [0.15, 0.2) is 5.96 Å². The molecule has 2 rings (SSSR count). The summed E-state index contributed by atoms with van der Waals surface area (Å²) in [6.45, 7) is 12.7. The molecule has 1 aliphatic rings. The SMILES string of the molecule is CCNC(=NCC(C)(C)N1CCCCC1)NCC(C)(O)c1ccccc1. The van der Waals surface area contributed by atoms with Crippen molar-refractivity contribution < 1.29 is 5.11 Å². The summed E-state index contributed by atoms with van der Waals surface area (Å²) in [5.41, 5.74) is 0.00174. The Bertz CT molecular complexity index is 563. The van der Waals surface area contributed by atoms with E-state index in [1.165, 1.54) is 19.3 Å². The number of nitrogens with zero attached hydrogens (tertiary/aromatic N) is 2. The predicted octanol–water partition coefficient (Wildman–Crippen LogP) is 2.71. The van der Waals surface area contributed by atoms with Gasteiger partial charge in [-0.3, -0.25) is 9.89 Å². The molecule has 5 nitrogen and oxygen atoms in total. The van der Waals surface area contributed by atoms with Crippen LogP contribution >= 0.6 is 0 Å². The Kier molecular flexibility index (Phi) is 7.47. The molecule has 0 amide bonds. The maximum Gasteiger partial charge on any atom is 0.191 e. The molecule has 0 bridgehead atoms. The quantitative estimate of drug-likeness (QED) is 0.517. The molecule has 3 N–H and O–H groups in total. The fourth-order valence-corrected chi connectivity index (χ4v) is 3.37. The number of hydrogen-bond acceptors (Lipinski definition) is 3. The molecule has 0 aliphatic carbocycles. The number of nitrogens with one attached hydrogen (secondary N) is 2. The van der Waals surface area contributed by atoms with Crippen LogP contribution < -0.4 is 10.6 Å². The highest BCUT2D eigenvalue weighted by Crippen LogP contribution is 2.21. The summed E-state index contributed by atoms with van der Waals surface area (Å²) in [6.07, 6.45) is 3.91. The van der Waals surface area contributed by atoms with E-state index in [1.807, 2.05) is 37.3 Å². The van der Waals surface area contributed by atoms with Crippen molar-refractivity contribution in [1.29, 1.82) is 0 Å². The van der Waals surface area contributed by atoms with Gasteiger partial charge in [0, 0.05) is 12.1 Å². The Balaban J connectivity index is 1.97. The average Bonchev–Trinajstić information content (AvgIpc) is 2.65. The molecule has 0 saturated carbocycles. The topological polar surface area (TPSA) is 59.9 Å². The lowest BCUT2D eigenvalue weighted by Crippen LogP contribution is -2.50. The molecular formula is C21H36N4O. The summed E-state index contributed by atoms with van der Waals surface area (Å²) in [7, 11) is 0. The highest BCUT2D eigenvalue weighted by molar-refractivity contribution is 5.79. The van der Waals surface area contributed by atoms with Crippen LogP contribution in [0.1, 0.15) is 52.5 Å². The van der Waals surface area contributed by atoms with Gasteiger partial charge in [0.2, 0.25) is 0 Å². The minimum atomic E-state index is -0.945. The Morgan fingerprint density at radius 1 is 1.08 bits per heavy atom. The van der Waals surface area contributed by atoms with Crippen molar-refractivity contribution in [3.63, 3.8) is 0 Å². The molecule has 1 fully saturated rings. The lowest BCUT2D eigenvalue weighted by Gasteiger charge is -2.40. The Morgan fingerprint density at radius 2 is 1.73 bits per heavy atom. The van der Waals surface area contributed by atoms with Crippen LogP contribution in [0.15, 0.2) is 35.3 Å². The minimum Gasteiger partial charge on any atom is -0.384 e.